The Bertz CT molecular complexity index is 325. The van der Waals surface area contributed by atoms with Crippen LogP contribution in [-0.2, 0) is 10.2 Å². The predicted molar refractivity (Wildman–Crippen MR) is 71.9 cm³/mol. The highest BCUT2D eigenvalue weighted by atomic mass is 79.9. The van der Waals surface area contributed by atoms with Gasteiger partial charge >= 0.3 is 0 Å². The molecule has 0 atom stereocenters. The molecule has 0 amide bonds. The standard InChI is InChI=1S/C13H20BrNO/c1-13(2,10-15-8-9-16-3)11-6-4-5-7-12(11)14/h4-7,15H,8-10H2,1-3H3. The molecule has 1 aromatic rings. The summed E-state index contributed by atoms with van der Waals surface area (Å²) in [5.74, 6) is 0. The van der Waals surface area contributed by atoms with Gasteiger partial charge in [-0.3, -0.25) is 0 Å². The lowest BCUT2D eigenvalue weighted by Crippen LogP contribution is -2.34. The van der Waals surface area contributed by atoms with Crippen molar-refractivity contribution in [1.82, 2.24) is 5.32 Å². The van der Waals surface area contributed by atoms with Crippen molar-refractivity contribution in [3.05, 3.63) is 34.3 Å². The average molecular weight is 286 g/mol. The molecule has 0 saturated carbocycles. The number of rotatable bonds is 6. The molecule has 0 heterocycles. The van der Waals surface area contributed by atoms with E-state index in [1.165, 1.54) is 10.0 Å². The highest BCUT2D eigenvalue weighted by molar-refractivity contribution is 9.10. The van der Waals surface area contributed by atoms with Crippen molar-refractivity contribution in [2.24, 2.45) is 0 Å². The van der Waals surface area contributed by atoms with E-state index in [4.69, 9.17) is 4.74 Å². The summed E-state index contributed by atoms with van der Waals surface area (Å²) >= 11 is 3.60. The lowest BCUT2D eigenvalue weighted by molar-refractivity contribution is 0.197. The molecule has 0 bridgehead atoms. The van der Waals surface area contributed by atoms with Gasteiger partial charge in [-0.25, -0.2) is 0 Å². The molecule has 0 aliphatic heterocycles. The van der Waals surface area contributed by atoms with Crippen molar-refractivity contribution in [3.63, 3.8) is 0 Å². The zero-order valence-electron chi connectivity index (χ0n) is 10.2. The van der Waals surface area contributed by atoms with Gasteiger partial charge in [0.2, 0.25) is 0 Å². The van der Waals surface area contributed by atoms with E-state index >= 15 is 0 Å². The topological polar surface area (TPSA) is 21.3 Å². The second-order valence-corrected chi connectivity index (χ2v) is 5.39. The van der Waals surface area contributed by atoms with Gasteiger partial charge in [0.1, 0.15) is 0 Å². The van der Waals surface area contributed by atoms with Crippen LogP contribution < -0.4 is 5.32 Å². The van der Waals surface area contributed by atoms with E-state index in [-0.39, 0.29) is 5.41 Å². The van der Waals surface area contributed by atoms with Crippen LogP contribution in [-0.4, -0.2) is 26.8 Å². The van der Waals surface area contributed by atoms with Gasteiger partial charge in [-0.2, -0.15) is 0 Å². The number of hydrogen-bond acceptors (Lipinski definition) is 2. The van der Waals surface area contributed by atoms with Gasteiger partial charge in [0.05, 0.1) is 6.61 Å². The first-order chi connectivity index (χ1) is 7.58. The first-order valence-corrected chi connectivity index (χ1v) is 6.32. The highest BCUT2D eigenvalue weighted by Crippen LogP contribution is 2.29. The molecule has 1 aromatic carbocycles. The number of methoxy groups -OCH3 is 1. The zero-order valence-corrected chi connectivity index (χ0v) is 11.8. The van der Waals surface area contributed by atoms with E-state index in [1.54, 1.807) is 7.11 Å². The van der Waals surface area contributed by atoms with Crippen molar-refractivity contribution >= 4 is 15.9 Å². The van der Waals surface area contributed by atoms with E-state index in [2.05, 4.69) is 53.3 Å². The molecule has 0 aromatic heterocycles. The first kappa shape index (κ1) is 13.7. The van der Waals surface area contributed by atoms with Crippen molar-refractivity contribution in [3.8, 4) is 0 Å². The van der Waals surface area contributed by atoms with Gasteiger partial charge in [0, 0.05) is 30.1 Å². The van der Waals surface area contributed by atoms with Crippen molar-refractivity contribution in [2.75, 3.05) is 26.8 Å². The molecule has 0 aliphatic carbocycles. The normalized spacial score (nSPS) is 11.8. The molecule has 0 unspecified atom stereocenters. The molecule has 2 nitrogen and oxygen atoms in total. The van der Waals surface area contributed by atoms with Gasteiger partial charge < -0.3 is 10.1 Å². The minimum absolute atomic E-state index is 0.119. The lowest BCUT2D eigenvalue weighted by atomic mass is 9.84. The lowest BCUT2D eigenvalue weighted by Gasteiger charge is -2.27. The van der Waals surface area contributed by atoms with Crippen LogP contribution in [0.5, 0.6) is 0 Å². The van der Waals surface area contributed by atoms with E-state index in [9.17, 15) is 0 Å². The van der Waals surface area contributed by atoms with Crippen molar-refractivity contribution in [2.45, 2.75) is 19.3 Å². The molecule has 3 heteroatoms. The quantitative estimate of drug-likeness (QED) is 0.812. The molecule has 0 aliphatic rings. The van der Waals surface area contributed by atoms with Crippen LogP contribution in [0.15, 0.2) is 28.7 Å². The maximum absolute atomic E-state index is 5.01. The number of hydrogen-bond donors (Lipinski definition) is 1. The van der Waals surface area contributed by atoms with Crippen LogP contribution in [0.25, 0.3) is 0 Å². The summed E-state index contributed by atoms with van der Waals surface area (Å²) in [6.45, 7) is 7.08. The van der Waals surface area contributed by atoms with Crippen LogP contribution in [0.1, 0.15) is 19.4 Å². The molecule has 0 saturated heterocycles. The molecule has 90 valence electrons. The molecule has 0 spiro atoms. The minimum atomic E-state index is 0.119. The second-order valence-electron chi connectivity index (χ2n) is 4.53. The van der Waals surface area contributed by atoms with E-state index in [0.717, 1.165) is 19.7 Å². The Hall–Kier alpha value is -0.380. The third-order valence-electron chi connectivity index (χ3n) is 2.65. The molecular weight excluding hydrogens is 266 g/mol. The smallest absolute Gasteiger partial charge is 0.0587 e. The SMILES string of the molecule is COCCNCC(C)(C)c1ccccc1Br. The van der Waals surface area contributed by atoms with Gasteiger partial charge in [0.15, 0.2) is 0 Å². The van der Waals surface area contributed by atoms with Gasteiger partial charge in [0.25, 0.3) is 0 Å². The maximum Gasteiger partial charge on any atom is 0.0587 e. The van der Waals surface area contributed by atoms with Crippen molar-refractivity contribution < 1.29 is 4.74 Å². The maximum atomic E-state index is 5.01. The highest BCUT2D eigenvalue weighted by Gasteiger charge is 2.21. The molecule has 0 fully saturated rings. The van der Waals surface area contributed by atoms with E-state index in [0.29, 0.717) is 0 Å². The number of ether oxygens (including phenoxy) is 1. The van der Waals surface area contributed by atoms with E-state index < -0.39 is 0 Å². The second kappa shape index (κ2) is 6.38. The Kier molecular flexibility index (Phi) is 5.46. The van der Waals surface area contributed by atoms with Crippen LogP contribution in [0, 0.1) is 0 Å². The number of nitrogens with one attached hydrogen (secondary N) is 1. The molecule has 0 radical (unpaired) electrons. The fraction of sp³-hybridized carbons (Fsp3) is 0.538. The summed E-state index contributed by atoms with van der Waals surface area (Å²) in [5.41, 5.74) is 1.45. The molecular formula is C13H20BrNO. The zero-order chi connectivity index (χ0) is 12.0. The molecule has 1 N–H and O–H groups in total. The molecule has 1 rings (SSSR count). The van der Waals surface area contributed by atoms with Crippen LogP contribution in [0.4, 0.5) is 0 Å². The van der Waals surface area contributed by atoms with Gasteiger partial charge in [-0.15, -0.1) is 0 Å². The summed E-state index contributed by atoms with van der Waals surface area (Å²) in [6, 6.07) is 8.38. The summed E-state index contributed by atoms with van der Waals surface area (Å²) < 4.78 is 6.19. The van der Waals surface area contributed by atoms with Crippen LogP contribution in [0.2, 0.25) is 0 Å². The summed E-state index contributed by atoms with van der Waals surface area (Å²) in [6.07, 6.45) is 0. The number of halogens is 1. The van der Waals surface area contributed by atoms with Crippen LogP contribution >= 0.6 is 15.9 Å². The third kappa shape index (κ3) is 3.89. The third-order valence-corrected chi connectivity index (χ3v) is 3.34. The summed E-state index contributed by atoms with van der Waals surface area (Å²) in [5, 5.41) is 3.41. The van der Waals surface area contributed by atoms with Crippen molar-refractivity contribution in [1.29, 1.82) is 0 Å². The van der Waals surface area contributed by atoms with E-state index in [1.807, 2.05) is 6.07 Å². The summed E-state index contributed by atoms with van der Waals surface area (Å²) in [7, 11) is 1.72. The first-order valence-electron chi connectivity index (χ1n) is 5.52. The Morgan fingerprint density at radius 1 is 1.31 bits per heavy atom. The fourth-order valence-corrected chi connectivity index (χ4v) is 2.50. The Morgan fingerprint density at radius 3 is 2.62 bits per heavy atom. The van der Waals surface area contributed by atoms with Gasteiger partial charge in [-0.1, -0.05) is 48.0 Å². The van der Waals surface area contributed by atoms with Gasteiger partial charge in [-0.05, 0) is 11.6 Å². The van der Waals surface area contributed by atoms with Crippen LogP contribution in [0.3, 0.4) is 0 Å². The average Bonchev–Trinajstić information content (AvgIpc) is 2.25. The predicted octanol–water partition coefficient (Wildman–Crippen LogP) is 2.96. The fourth-order valence-electron chi connectivity index (χ4n) is 1.68. The monoisotopic (exact) mass is 285 g/mol. The Balaban J connectivity index is 2.59. The summed E-state index contributed by atoms with van der Waals surface area (Å²) in [4.78, 5) is 0. The molecule has 16 heavy (non-hydrogen) atoms. The Labute approximate surface area is 107 Å². The Morgan fingerprint density at radius 2 is 2.00 bits per heavy atom. The number of benzene rings is 1. The largest absolute Gasteiger partial charge is 0.383 e. The minimum Gasteiger partial charge on any atom is -0.383 e.